The molecular formula is C12H18N4OS2. The maximum Gasteiger partial charge on any atom is 0.275 e. The van der Waals surface area contributed by atoms with Crippen molar-refractivity contribution in [2.75, 3.05) is 24.0 Å². The van der Waals surface area contributed by atoms with Crippen molar-refractivity contribution in [3.8, 4) is 0 Å². The van der Waals surface area contributed by atoms with Gasteiger partial charge in [-0.05, 0) is 19.6 Å². The van der Waals surface area contributed by atoms with Crippen LogP contribution in [0.3, 0.4) is 0 Å². The molecule has 19 heavy (non-hydrogen) atoms. The third-order valence-electron chi connectivity index (χ3n) is 3.02. The van der Waals surface area contributed by atoms with Crippen molar-refractivity contribution >= 4 is 33.2 Å². The average Bonchev–Trinajstić information content (AvgIpc) is 2.82. The van der Waals surface area contributed by atoms with Crippen LogP contribution < -0.4 is 10.5 Å². The predicted octanol–water partition coefficient (Wildman–Crippen LogP) is 1.90. The second kappa shape index (κ2) is 5.92. The molecule has 1 unspecified atom stereocenters. The Hall–Kier alpha value is -1.08. The van der Waals surface area contributed by atoms with Crippen LogP contribution in [0.25, 0.3) is 4.96 Å². The summed E-state index contributed by atoms with van der Waals surface area (Å²) in [5, 5.41) is 5.20. The molecule has 0 spiro atoms. The van der Waals surface area contributed by atoms with Gasteiger partial charge < -0.3 is 4.90 Å². The summed E-state index contributed by atoms with van der Waals surface area (Å²) in [6, 6.07) is 1.93. The Kier molecular flexibility index (Phi) is 4.46. The summed E-state index contributed by atoms with van der Waals surface area (Å²) in [7, 11) is 2.00. The molecule has 0 aromatic carbocycles. The number of aryl methyl sites for hydroxylation is 1. The van der Waals surface area contributed by atoms with E-state index >= 15 is 0 Å². The lowest BCUT2D eigenvalue weighted by Gasteiger charge is -2.22. The van der Waals surface area contributed by atoms with Crippen LogP contribution in [0.1, 0.15) is 19.5 Å². The number of anilines is 1. The average molecular weight is 298 g/mol. The van der Waals surface area contributed by atoms with E-state index in [1.807, 2.05) is 14.0 Å². The Balaban J connectivity index is 2.41. The summed E-state index contributed by atoms with van der Waals surface area (Å²) >= 11 is 3.26. The van der Waals surface area contributed by atoms with Crippen LogP contribution in [-0.2, 0) is 6.42 Å². The highest BCUT2D eigenvalue weighted by Crippen LogP contribution is 2.22. The zero-order chi connectivity index (χ0) is 14.0. The lowest BCUT2D eigenvalue weighted by Crippen LogP contribution is -2.31. The van der Waals surface area contributed by atoms with Crippen molar-refractivity contribution in [2.24, 2.45) is 0 Å². The van der Waals surface area contributed by atoms with Crippen LogP contribution in [0.2, 0.25) is 0 Å². The van der Waals surface area contributed by atoms with Crippen molar-refractivity contribution in [3.05, 3.63) is 22.1 Å². The van der Waals surface area contributed by atoms with Crippen molar-refractivity contribution in [3.63, 3.8) is 0 Å². The van der Waals surface area contributed by atoms with Gasteiger partial charge in [0.05, 0.1) is 0 Å². The molecule has 0 amide bonds. The SMILES string of the molecule is CCc1cc(=O)n2nc(N(C)C(C)CSC)sc2n1. The van der Waals surface area contributed by atoms with Crippen LogP contribution in [0.4, 0.5) is 5.13 Å². The van der Waals surface area contributed by atoms with Gasteiger partial charge >= 0.3 is 0 Å². The lowest BCUT2D eigenvalue weighted by molar-refractivity contribution is 0.745. The summed E-state index contributed by atoms with van der Waals surface area (Å²) in [5.74, 6) is 1.02. The predicted molar refractivity (Wildman–Crippen MR) is 82.8 cm³/mol. The molecule has 7 heteroatoms. The van der Waals surface area contributed by atoms with Crippen molar-refractivity contribution < 1.29 is 0 Å². The fraction of sp³-hybridized carbons (Fsp3) is 0.583. The second-order valence-electron chi connectivity index (χ2n) is 4.43. The van der Waals surface area contributed by atoms with Crippen LogP contribution in [0, 0.1) is 0 Å². The van der Waals surface area contributed by atoms with Gasteiger partial charge in [0.2, 0.25) is 10.1 Å². The van der Waals surface area contributed by atoms with Gasteiger partial charge in [-0.15, -0.1) is 5.10 Å². The molecule has 0 bridgehead atoms. The number of rotatable bonds is 5. The van der Waals surface area contributed by atoms with E-state index in [1.165, 1.54) is 15.9 Å². The van der Waals surface area contributed by atoms with E-state index in [4.69, 9.17) is 0 Å². The Morgan fingerprint density at radius 2 is 2.32 bits per heavy atom. The van der Waals surface area contributed by atoms with Crippen LogP contribution in [0.15, 0.2) is 10.9 Å². The van der Waals surface area contributed by atoms with E-state index in [1.54, 1.807) is 17.8 Å². The summed E-state index contributed by atoms with van der Waals surface area (Å²) in [5.41, 5.74) is 0.718. The minimum Gasteiger partial charge on any atom is -0.346 e. The largest absolute Gasteiger partial charge is 0.346 e. The fourth-order valence-corrected chi connectivity index (χ4v) is 3.41. The summed E-state index contributed by atoms with van der Waals surface area (Å²) in [6.45, 7) is 4.14. The molecule has 0 aliphatic rings. The van der Waals surface area contributed by atoms with Gasteiger partial charge in [-0.25, -0.2) is 4.98 Å². The number of thioether (sulfide) groups is 1. The van der Waals surface area contributed by atoms with Gasteiger partial charge in [-0.2, -0.15) is 16.3 Å². The quantitative estimate of drug-likeness (QED) is 0.844. The van der Waals surface area contributed by atoms with Crippen LogP contribution in [-0.4, -0.2) is 39.7 Å². The highest BCUT2D eigenvalue weighted by atomic mass is 32.2. The molecule has 0 radical (unpaired) electrons. The Morgan fingerprint density at radius 1 is 1.58 bits per heavy atom. The summed E-state index contributed by atoms with van der Waals surface area (Å²) in [6.07, 6.45) is 2.85. The van der Waals surface area contributed by atoms with Gasteiger partial charge in [-0.1, -0.05) is 18.3 Å². The minimum atomic E-state index is -0.102. The van der Waals surface area contributed by atoms with Gasteiger partial charge in [-0.3, -0.25) is 4.79 Å². The summed E-state index contributed by atoms with van der Waals surface area (Å²) < 4.78 is 1.39. The molecular weight excluding hydrogens is 280 g/mol. The molecule has 1 atom stereocenters. The highest BCUT2D eigenvalue weighted by Gasteiger charge is 2.15. The van der Waals surface area contributed by atoms with E-state index in [9.17, 15) is 4.79 Å². The molecule has 0 N–H and O–H groups in total. The first-order chi connectivity index (χ1) is 9.06. The first kappa shape index (κ1) is 14.3. The van der Waals surface area contributed by atoms with Crippen molar-refractivity contribution in [1.82, 2.24) is 14.6 Å². The van der Waals surface area contributed by atoms with E-state index < -0.39 is 0 Å². The van der Waals surface area contributed by atoms with Crippen LogP contribution in [0.5, 0.6) is 0 Å². The number of hydrogen-bond donors (Lipinski definition) is 0. The van der Waals surface area contributed by atoms with E-state index in [0.29, 0.717) is 11.0 Å². The zero-order valence-corrected chi connectivity index (χ0v) is 13.2. The molecule has 5 nitrogen and oxygen atoms in total. The van der Waals surface area contributed by atoms with Gasteiger partial charge in [0.1, 0.15) is 0 Å². The Morgan fingerprint density at radius 3 is 2.95 bits per heavy atom. The van der Waals surface area contributed by atoms with E-state index in [0.717, 1.165) is 23.0 Å². The highest BCUT2D eigenvalue weighted by molar-refractivity contribution is 7.98. The normalized spacial score (nSPS) is 12.8. The van der Waals surface area contributed by atoms with Gasteiger partial charge in [0, 0.05) is 30.6 Å². The first-order valence-electron chi connectivity index (χ1n) is 6.18. The van der Waals surface area contributed by atoms with Crippen LogP contribution >= 0.6 is 23.1 Å². The molecule has 2 aromatic rings. The maximum absolute atomic E-state index is 11.9. The van der Waals surface area contributed by atoms with E-state index in [2.05, 4.69) is 28.2 Å². The first-order valence-corrected chi connectivity index (χ1v) is 8.39. The van der Waals surface area contributed by atoms with Crippen molar-refractivity contribution in [1.29, 1.82) is 0 Å². The topological polar surface area (TPSA) is 50.5 Å². The molecule has 2 aromatic heterocycles. The molecule has 2 rings (SSSR count). The molecule has 104 valence electrons. The fourth-order valence-electron chi connectivity index (χ4n) is 1.71. The van der Waals surface area contributed by atoms with Gasteiger partial charge in [0.25, 0.3) is 5.56 Å². The Labute approximate surface area is 120 Å². The number of fused-ring (bicyclic) bond motifs is 1. The third kappa shape index (κ3) is 2.92. The lowest BCUT2D eigenvalue weighted by atomic mass is 10.3. The second-order valence-corrected chi connectivity index (χ2v) is 6.28. The van der Waals surface area contributed by atoms with Crippen molar-refractivity contribution in [2.45, 2.75) is 26.3 Å². The molecule has 2 heterocycles. The number of aromatic nitrogens is 3. The minimum absolute atomic E-state index is 0.102. The maximum atomic E-state index is 11.9. The molecule has 0 fully saturated rings. The monoisotopic (exact) mass is 298 g/mol. The van der Waals surface area contributed by atoms with Gasteiger partial charge in [0.15, 0.2) is 0 Å². The molecule has 0 saturated carbocycles. The van der Waals surface area contributed by atoms with E-state index in [-0.39, 0.29) is 5.56 Å². The standard InChI is InChI=1S/C12H18N4OS2/c1-5-9-6-10(17)16-11(13-9)19-12(14-16)15(3)8(2)7-18-4/h6,8H,5,7H2,1-4H3. The molecule has 0 aliphatic heterocycles. The number of hydrogen-bond acceptors (Lipinski definition) is 6. The smallest absolute Gasteiger partial charge is 0.275 e. The number of nitrogens with zero attached hydrogens (tertiary/aromatic N) is 4. The molecule has 0 saturated heterocycles. The summed E-state index contributed by atoms with van der Waals surface area (Å²) in [4.78, 5) is 19.2. The zero-order valence-electron chi connectivity index (χ0n) is 11.6. The third-order valence-corrected chi connectivity index (χ3v) is 4.84. The Bertz CT molecular complexity index is 622. The molecule has 0 aliphatic carbocycles.